The molecule has 1 aromatic rings. The normalized spacial score (nSPS) is 14.4. The van der Waals surface area contributed by atoms with E-state index in [0.29, 0.717) is 5.56 Å². The lowest BCUT2D eigenvalue weighted by molar-refractivity contribution is 0.0998. The second kappa shape index (κ2) is 9.40. The minimum Gasteiger partial charge on any atom is -0.396 e. The van der Waals surface area contributed by atoms with Crippen LogP contribution in [0.2, 0.25) is 0 Å². The Labute approximate surface area is 133 Å². The number of amides is 1. The lowest BCUT2D eigenvalue weighted by atomic mass is 10.00. The molecule has 2 unspecified atom stereocenters. The summed E-state index contributed by atoms with van der Waals surface area (Å²) in [5.41, 5.74) is 11.3. The molecule has 1 rings (SSSR count). The molecular weight excluding hydrogens is 301 g/mol. The molecule has 1 amide bonds. The van der Waals surface area contributed by atoms with Crippen LogP contribution in [0.25, 0.3) is 0 Å². The summed E-state index contributed by atoms with van der Waals surface area (Å²) in [6.45, 7) is -0.0836. The van der Waals surface area contributed by atoms with Crippen molar-refractivity contribution in [3.05, 3.63) is 41.7 Å². The van der Waals surface area contributed by atoms with Gasteiger partial charge in [-0.05, 0) is 37.3 Å². The zero-order valence-corrected chi connectivity index (χ0v) is 12.4. The molecule has 0 aliphatic heterocycles. The van der Waals surface area contributed by atoms with Gasteiger partial charge in [0, 0.05) is 18.7 Å². The molecule has 7 nitrogen and oxygen atoms in total. The summed E-state index contributed by atoms with van der Waals surface area (Å²) in [5, 5.41) is 17.5. The van der Waals surface area contributed by atoms with Crippen molar-refractivity contribution < 1.29 is 14.3 Å². The number of carbonyl (C=O) groups excluding carboxylic acids is 1. The standard InChI is InChI=1S/C15H18FN5O2/c16-12(11(8-18)5-6-22)2-4-14(19)21-15(23)13-3-1-10(7-17)9-20-13/h1-4,9,11-12,22H,5-6,8,18H2,(H2,19,21,23)/b4-2-. The number of aromatic nitrogens is 1. The summed E-state index contributed by atoms with van der Waals surface area (Å²) in [6, 6.07) is 4.66. The van der Waals surface area contributed by atoms with Crippen LogP contribution in [-0.2, 0) is 0 Å². The van der Waals surface area contributed by atoms with E-state index in [1.54, 1.807) is 0 Å². The molecule has 2 atom stereocenters. The third-order valence-corrected chi connectivity index (χ3v) is 3.05. The zero-order chi connectivity index (χ0) is 17.2. The largest absolute Gasteiger partial charge is 0.396 e. The van der Waals surface area contributed by atoms with Gasteiger partial charge in [0.05, 0.1) is 5.56 Å². The number of alkyl halides is 1. The zero-order valence-electron chi connectivity index (χ0n) is 12.4. The lowest BCUT2D eigenvalue weighted by Crippen LogP contribution is -2.25. The second-order valence-electron chi connectivity index (χ2n) is 4.70. The van der Waals surface area contributed by atoms with Crippen molar-refractivity contribution in [1.29, 1.82) is 5.26 Å². The maximum absolute atomic E-state index is 13.8. The molecule has 122 valence electrons. The van der Waals surface area contributed by atoms with Crippen LogP contribution in [-0.4, -0.2) is 41.2 Å². The van der Waals surface area contributed by atoms with Crippen LogP contribution >= 0.6 is 0 Å². The van der Waals surface area contributed by atoms with Crippen LogP contribution in [0.4, 0.5) is 4.39 Å². The van der Waals surface area contributed by atoms with Crippen molar-refractivity contribution in [3.63, 3.8) is 0 Å². The van der Waals surface area contributed by atoms with Gasteiger partial charge in [0.1, 0.15) is 23.8 Å². The monoisotopic (exact) mass is 319 g/mol. The third kappa shape index (κ3) is 5.94. The molecule has 8 heteroatoms. The van der Waals surface area contributed by atoms with Crippen LogP contribution in [0.1, 0.15) is 22.5 Å². The Hall–Kier alpha value is -2.63. The number of nitrogens with zero attached hydrogens (tertiary/aromatic N) is 3. The van der Waals surface area contributed by atoms with E-state index in [4.69, 9.17) is 21.8 Å². The van der Waals surface area contributed by atoms with Crippen molar-refractivity contribution in [2.24, 2.45) is 22.4 Å². The summed E-state index contributed by atoms with van der Waals surface area (Å²) >= 11 is 0. The molecule has 0 aliphatic carbocycles. The van der Waals surface area contributed by atoms with Gasteiger partial charge in [-0.2, -0.15) is 10.3 Å². The number of allylic oxidation sites excluding steroid dienone is 1. The van der Waals surface area contributed by atoms with Gasteiger partial charge >= 0.3 is 0 Å². The average molecular weight is 319 g/mol. The van der Waals surface area contributed by atoms with Crippen molar-refractivity contribution in [2.45, 2.75) is 12.6 Å². The summed E-state index contributed by atoms with van der Waals surface area (Å²) in [4.78, 5) is 19.2. The smallest absolute Gasteiger partial charge is 0.297 e. The van der Waals surface area contributed by atoms with Crippen molar-refractivity contribution >= 4 is 11.7 Å². The highest BCUT2D eigenvalue weighted by molar-refractivity contribution is 6.05. The Kier molecular flexibility index (Phi) is 7.53. The van der Waals surface area contributed by atoms with Gasteiger partial charge in [-0.15, -0.1) is 0 Å². The van der Waals surface area contributed by atoms with Gasteiger partial charge in [0.2, 0.25) is 0 Å². The fourth-order valence-corrected chi connectivity index (χ4v) is 1.72. The topological polar surface area (TPSA) is 138 Å². The van der Waals surface area contributed by atoms with Crippen LogP contribution in [0.5, 0.6) is 0 Å². The first-order chi connectivity index (χ1) is 11.0. The number of rotatable bonds is 7. The molecule has 0 bridgehead atoms. The highest BCUT2D eigenvalue weighted by atomic mass is 19.1. The number of nitriles is 1. The highest BCUT2D eigenvalue weighted by Gasteiger charge is 2.16. The third-order valence-electron chi connectivity index (χ3n) is 3.05. The highest BCUT2D eigenvalue weighted by Crippen LogP contribution is 2.12. The number of aliphatic hydroxyl groups is 1. The molecule has 0 fully saturated rings. The molecule has 0 saturated carbocycles. The molecule has 0 aromatic carbocycles. The summed E-state index contributed by atoms with van der Waals surface area (Å²) in [5.74, 6) is -1.40. The van der Waals surface area contributed by atoms with E-state index in [2.05, 4.69) is 9.98 Å². The molecule has 23 heavy (non-hydrogen) atoms. The lowest BCUT2D eigenvalue weighted by Gasteiger charge is -2.14. The maximum atomic E-state index is 13.8. The van der Waals surface area contributed by atoms with E-state index in [0.717, 1.165) is 6.08 Å². The first kappa shape index (κ1) is 18.4. The molecule has 0 saturated heterocycles. The Morgan fingerprint density at radius 3 is 2.83 bits per heavy atom. The van der Waals surface area contributed by atoms with Crippen molar-refractivity contribution in [1.82, 2.24) is 4.98 Å². The predicted octanol–water partition coefficient (Wildman–Crippen LogP) is 0.302. The predicted molar refractivity (Wildman–Crippen MR) is 83.2 cm³/mol. The average Bonchev–Trinajstić information content (AvgIpc) is 2.57. The van der Waals surface area contributed by atoms with Gasteiger partial charge in [-0.3, -0.25) is 4.79 Å². The molecule has 0 aliphatic rings. The number of aliphatic imine (C=N–C) groups is 1. The number of hydrogen-bond acceptors (Lipinski definition) is 5. The molecular formula is C15H18FN5O2. The van der Waals surface area contributed by atoms with E-state index in [-0.39, 0.29) is 31.1 Å². The summed E-state index contributed by atoms with van der Waals surface area (Å²) in [6.07, 6.45) is 2.39. The van der Waals surface area contributed by atoms with Crippen LogP contribution in [0, 0.1) is 17.2 Å². The fraction of sp³-hybridized carbons (Fsp3) is 0.333. The van der Waals surface area contributed by atoms with E-state index < -0.39 is 18.0 Å². The van der Waals surface area contributed by atoms with Gasteiger partial charge in [-0.1, -0.05) is 0 Å². The Bertz CT molecular complexity index is 622. The first-order valence-electron chi connectivity index (χ1n) is 6.89. The molecule has 5 N–H and O–H groups in total. The van der Waals surface area contributed by atoms with Crippen molar-refractivity contribution in [2.75, 3.05) is 13.2 Å². The Morgan fingerprint density at radius 2 is 2.30 bits per heavy atom. The minimum atomic E-state index is -1.40. The first-order valence-corrected chi connectivity index (χ1v) is 6.89. The van der Waals surface area contributed by atoms with Crippen LogP contribution in [0.3, 0.4) is 0 Å². The summed E-state index contributed by atoms with van der Waals surface area (Å²) < 4.78 is 13.8. The number of nitrogens with two attached hydrogens (primary N) is 2. The molecule has 1 aromatic heterocycles. The Morgan fingerprint density at radius 1 is 1.57 bits per heavy atom. The fourth-order valence-electron chi connectivity index (χ4n) is 1.72. The van der Waals surface area contributed by atoms with E-state index in [1.807, 2.05) is 6.07 Å². The number of hydrogen-bond donors (Lipinski definition) is 3. The Balaban J connectivity index is 2.73. The molecule has 0 radical (unpaired) electrons. The second-order valence-corrected chi connectivity index (χ2v) is 4.70. The van der Waals surface area contributed by atoms with Gasteiger partial charge < -0.3 is 16.6 Å². The van der Waals surface area contributed by atoms with Gasteiger partial charge in [0.25, 0.3) is 5.91 Å². The maximum Gasteiger partial charge on any atom is 0.297 e. The SMILES string of the molecule is N#Cc1ccc(C(=O)N=C(N)/C=C\C(F)C(CN)CCO)nc1. The molecule has 0 spiro atoms. The van der Waals surface area contributed by atoms with Crippen LogP contribution in [0.15, 0.2) is 35.5 Å². The number of halogens is 1. The van der Waals surface area contributed by atoms with Gasteiger partial charge in [0.15, 0.2) is 0 Å². The number of amidine groups is 1. The minimum absolute atomic E-state index is 0.0252. The number of pyridine rings is 1. The summed E-state index contributed by atoms with van der Waals surface area (Å²) in [7, 11) is 0. The van der Waals surface area contributed by atoms with E-state index in [9.17, 15) is 9.18 Å². The number of aliphatic hydroxyl groups excluding tert-OH is 1. The van der Waals surface area contributed by atoms with Crippen LogP contribution < -0.4 is 11.5 Å². The molecule has 1 heterocycles. The quantitative estimate of drug-likeness (QED) is 0.488. The van der Waals surface area contributed by atoms with E-state index in [1.165, 1.54) is 24.4 Å². The number of carbonyl (C=O) groups is 1. The van der Waals surface area contributed by atoms with Gasteiger partial charge in [-0.25, -0.2) is 9.37 Å². The van der Waals surface area contributed by atoms with Crippen molar-refractivity contribution in [3.8, 4) is 6.07 Å². The van der Waals surface area contributed by atoms with E-state index >= 15 is 0 Å².